The van der Waals surface area contributed by atoms with Crippen LogP contribution in [0.25, 0.3) is 0 Å². The Hall–Kier alpha value is -1.19. The molecule has 0 saturated heterocycles. The van der Waals surface area contributed by atoms with Gasteiger partial charge >= 0.3 is 0 Å². The summed E-state index contributed by atoms with van der Waals surface area (Å²) in [6.45, 7) is 6.37. The third-order valence-corrected chi connectivity index (χ3v) is 1.90. The monoisotopic (exact) mass is 185 g/mol. The quantitative estimate of drug-likeness (QED) is 0.321. The summed E-state index contributed by atoms with van der Waals surface area (Å²) in [6.07, 6.45) is 3.93. The van der Waals surface area contributed by atoms with Gasteiger partial charge in [0.05, 0.1) is 0 Å². The van der Waals surface area contributed by atoms with E-state index in [9.17, 15) is 9.59 Å². The number of imide groups is 1. The lowest BCUT2D eigenvalue weighted by Crippen LogP contribution is -2.24. The van der Waals surface area contributed by atoms with Crippen LogP contribution in [-0.4, -0.2) is 48.1 Å². The predicted octanol–water partition coefficient (Wildman–Crippen LogP) is 0.114. The highest BCUT2D eigenvalue weighted by Gasteiger charge is 2.02. The Labute approximate surface area is 78.8 Å². The lowest BCUT2D eigenvalue weighted by Gasteiger charge is -2.06. The van der Waals surface area contributed by atoms with Crippen LogP contribution < -0.4 is 0 Å². The van der Waals surface area contributed by atoms with Crippen molar-refractivity contribution in [1.29, 1.82) is 0 Å². The number of carbonyl (C=O) groups is 2. The van der Waals surface area contributed by atoms with E-state index in [0.29, 0.717) is 19.4 Å². The molecule has 0 saturated carbocycles. The van der Waals surface area contributed by atoms with Crippen LogP contribution in [0.2, 0.25) is 0 Å². The third-order valence-electron chi connectivity index (χ3n) is 1.90. The minimum atomic E-state index is 0.497. The van der Waals surface area contributed by atoms with Gasteiger partial charge in [-0.3, -0.25) is 14.5 Å². The van der Waals surface area contributed by atoms with Gasteiger partial charge in [-0.15, -0.1) is 0 Å². The summed E-state index contributed by atoms with van der Waals surface area (Å²) in [4.78, 5) is 21.6. The third kappa shape index (κ3) is 5.11. The molecule has 13 heavy (non-hydrogen) atoms. The number of nitrogens with zero attached hydrogens (tertiary/aromatic N) is 2. The molecule has 0 atom stereocenters. The zero-order chi connectivity index (χ0) is 10.1. The number of amides is 2. The largest absolute Gasteiger partial charge is 0.288 e. The standard InChI is InChI=1S/C9H17N2O2/c1-3-10(4-2)6-5-7-11(8-12)9-13/h3,8-9H,4-7H2,1-2H3/q+1. The van der Waals surface area contributed by atoms with E-state index in [1.54, 1.807) is 0 Å². The van der Waals surface area contributed by atoms with Crippen LogP contribution in [-0.2, 0) is 9.59 Å². The fourth-order valence-corrected chi connectivity index (χ4v) is 1.06. The summed E-state index contributed by atoms with van der Waals surface area (Å²) in [7, 11) is 0. The minimum absolute atomic E-state index is 0.497. The summed E-state index contributed by atoms with van der Waals surface area (Å²) in [6, 6.07) is 0. The van der Waals surface area contributed by atoms with Gasteiger partial charge < -0.3 is 0 Å². The maximum absolute atomic E-state index is 10.2. The molecule has 74 valence electrons. The van der Waals surface area contributed by atoms with Crippen LogP contribution in [0, 0.1) is 0 Å². The van der Waals surface area contributed by atoms with Crippen LogP contribution in [0.4, 0.5) is 0 Å². The molecule has 0 N–H and O–H groups in total. The van der Waals surface area contributed by atoms with Crippen molar-refractivity contribution in [3.05, 3.63) is 0 Å². The van der Waals surface area contributed by atoms with Crippen LogP contribution in [0.3, 0.4) is 0 Å². The van der Waals surface area contributed by atoms with E-state index in [4.69, 9.17) is 0 Å². The minimum Gasteiger partial charge on any atom is -0.288 e. The smallest absolute Gasteiger partial charge is 0.216 e. The lowest BCUT2D eigenvalue weighted by atomic mass is 10.4. The highest BCUT2D eigenvalue weighted by molar-refractivity contribution is 5.68. The van der Waals surface area contributed by atoms with Crippen molar-refractivity contribution in [2.24, 2.45) is 0 Å². The average Bonchev–Trinajstić information content (AvgIpc) is 2.19. The molecule has 0 rings (SSSR count). The molecule has 0 aliphatic carbocycles. The maximum Gasteiger partial charge on any atom is 0.216 e. The predicted molar refractivity (Wildman–Crippen MR) is 50.9 cm³/mol. The van der Waals surface area contributed by atoms with Gasteiger partial charge in [-0.05, 0) is 6.92 Å². The normalized spacial score (nSPS) is 11.1. The van der Waals surface area contributed by atoms with Crippen molar-refractivity contribution in [2.75, 3.05) is 19.6 Å². The molecule has 0 unspecified atom stereocenters. The molecule has 0 bridgehead atoms. The van der Waals surface area contributed by atoms with Crippen molar-refractivity contribution in [3.8, 4) is 0 Å². The molecule has 0 aromatic carbocycles. The van der Waals surface area contributed by atoms with E-state index in [0.717, 1.165) is 24.4 Å². The SMILES string of the molecule is CC=[N+](CC)CCCN(C=O)C=O. The zero-order valence-electron chi connectivity index (χ0n) is 8.27. The molecule has 2 amide bonds. The van der Waals surface area contributed by atoms with Crippen molar-refractivity contribution in [3.63, 3.8) is 0 Å². The van der Waals surface area contributed by atoms with Gasteiger partial charge in [-0.25, -0.2) is 4.58 Å². The van der Waals surface area contributed by atoms with Crippen molar-refractivity contribution < 1.29 is 14.2 Å². The molecular formula is C9H17N2O2+. The van der Waals surface area contributed by atoms with Gasteiger partial charge in [0.25, 0.3) is 0 Å². The number of hydrogen-bond acceptors (Lipinski definition) is 2. The van der Waals surface area contributed by atoms with Gasteiger partial charge in [0, 0.05) is 19.9 Å². The second-order valence-electron chi connectivity index (χ2n) is 2.69. The zero-order valence-corrected chi connectivity index (χ0v) is 8.27. The van der Waals surface area contributed by atoms with E-state index >= 15 is 0 Å². The van der Waals surface area contributed by atoms with Gasteiger partial charge in [-0.1, -0.05) is 0 Å². The molecule has 0 fully saturated rings. The fraction of sp³-hybridized carbons (Fsp3) is 0.667. The molecule has 0 aromatic heterocycles. The number of hydrogen-bond donors (Lipinski definition) is 0. The molecular weight excluding hydrogens is 168 g/mol. The Kier molecular flexibility index (Phi) is 6.78. The van der Waals surface area contributed by atoms with E-state index < -0.39 is 0 Å². The van der Waals surface area contributed by atoms with Crippen LogP contribution >= 0.6 is 0 Å². The lowest BCUT2D eigenvalue weighted by molar-refractivity contribution is -0.520. The van der Waals surface area contributed by atoms with E-state index in [2.05, 4.69) is 11.5 Å². The number of rotatable bonds is 7. The van der Waals surface area contributed by atoms with E-state index in [1.807, 2.05) is 13.1 Å². The Morgan fingerprint density at radius 3 is 2.31 bits per heavy atom. The van der Waals surface area contributed by atoms with Crippen LogP contribution in [0.15, 0.2) is 0 Å². The highest BCUT2D eigenvalue weighted by Crippen LogP contribution is 1.86. The van der Waals surface area contributed by atoms with Crippen LogP contribution in [0.5, 0.6) is 0 Å². The maximum atomic E-state index is 10.2. The topological polar surface area (TPSA) is 40.4 Å². The fourth-order valence-electron chi connectivity index (χ4n) is 1.06. The summed E-state index contributed by atoms with van der Waals surface area (Å²) in [5.74, 6) is 0. The molecule has 4 nitrogen and oxygen atoms in total. The first-order valence-corrected chi connectivity index (χ1v) is 4.48. The summed E-state index contributed by atoms with van der Waals surface area (Å²) >= 11 is 0. The average molecular weight is 185 g/mol. The molecule has 4 heteroatoms. The van der Waals surface area contributed by atoms with Crippen molar-refractivity contribution >= 4 is 19.0 Å². The second kappa shape index (κ2) is 7.46. The summed E-state index contributed by atoms with van der Waals surface area (Å²) in [5, 5.41) is 0. The summed E-state index contributed by atoms with van der Waals surface area (Å²) in [5.41, 5.74) is 0. The summed E-state index contributed by atoms with van der Waals surface area (Å²) < 4.78 is 2.13. The Bertz CT molecular complexity index is 182. The van der Waals surface area contributed by atoms with E-state index in [1.165, 1.54) is 0 Å². The van der Waals surface area contributed by atoms with Gasteiger partial charge in [0.15, 0.2) is 0 Å². The molecule has 0 heterocycles. The number of carbonyl (C=O) groups excluding carboxylic acids is 2. The first-order valence-electron chi connectivity index (χ1n) is 4.48. The van der Waals surface area contributed by atoms with Crippen molar-refractivity contribution in [1.82, 2.24) is 4.90 Å². The molecule has 0 aliphatic rings. The molecule has 0 aliphatic heterocycles. The molecule has 0 radical (unpaired) electrons. The van der Waals surface area contributed by atoms with Gasteiger partial charge in [-0.2, -0.15) is 0 Å². The Balaban J connectivity index is 3.65. The Morgan fingerprint density at radius 2 is 1.92 bits per heavy atom. The van der Waals surface area contributed by atoms with Gasteiger partial charge in [0.1, 0.15) is 19.3 Å². The van der Waals surface area contributed by atoms with E-state index in [-0.39, 0.29) is 0 Å². The molecule has 0 spiro atoms. The molecule has 0 aromatic rings. The second-order valence-corrected chi connectivity index (χ2v) is 2.69. The van der Waals surface area contributed by atoms with Gasteiger partial charge in [0.2, 0.25) is 12.8 Å². The highest BCUT2D eigenvalue weighted by atomic mass is 16.2. The van der Waals surface area contributed by atoms with Crippen LogP contribution in [0.1, 0.15) is 20.3 Å². The first-order chi connectivity index (χ1) is 6.28. The first kappa shape index (κ1) is 11.8. The van der Waals surface area contributed by atoms with Crippen molar-refractivity contribution in [2.45, 2.75) is 20.3 Å². The Morgan fingerprint density at radius 1 is 1.31 bits per heavy atom.